The minimum atomic E-state index is 0.00542. The van der Waals surface area contributed by atoms with E-state index in [1.54, 1.807) is 7.11 Å². The molecular weight excluding hydrogens is 314 g/mol. The number of nitrogens with one attached hydrogen (secondary N) is 1. The van der Waals surface area contributed by atoms with Crippen molar-refractivity contribution in [2.24, 2.45) is 5.92 Å². The van der Waals surface area contributed by atoms with E-state index in [0.717, 1.165) is 41.9 Å². The first-order valence-corrected chi connectivity index (χ1v) is 8.60. The van der Waals surface area contributed by atoms with Crippen LogP contribution in [-0.4, -0.2) is 22.4 Å². The van der Waals surface area contributed by atoms with Crippen LogP contribution < -0.4 is 10.1 Å². The molecule has 1 aliphatic rings. The largest absolute Gasteiger partial charge is 0.497 e. The van der Waals surface area contributed by atoms with Gasteiger partial charge in [-0.25, -0.2) is 4.98 Å². The van der Waals surface area contributed by atoms with Crippen molar-refractivity contribution in [3.8, 4) is 5.75 Å². The minimum Gasteiger partial charge on any atom is -0.497 e. The van der Waals surface area contributed by atoms with Gasteiger partial charge in [0.15, 0.2) is 0 Å². The second-order valence-electron chi connectivity index (χ2n) is 6.44. The number of aryl methyl sites for hydroxylation is 1. The first-order chi connectivity index (χ1) is 12.2. The Bertz CT molecular complexity index is 899. The van der Waals surface area contributed by atoms with Gasteiger partial charge in [0.25, 0.3) is 0 Å². The van der Waals surface area contributed by atoms with Crippen LogP contribution in [0.5, 0.6) is 5.75 Å². The standard InChI is InChI=1S/C20H21N3O2/c1-25-16-8-5-14(6-9-16)13-21-20(24)15-7-10-17-18(12-15)23-11-3-2-4-19(23)22-17/h2-6,8-9,11,15H,7,10,12-13H2,1H3,(H,21,24). The molecule has 0 saturated carbocycles. The van der Waals surface area contributed by atoms with Gasteiger partial charge >= 0.3 is 0 Å². The molecule has 1 amide bonds. The minimum absolute atomic E-state index is 0.00542. The Morgan fingerprint density at radius 2 is 2.12 bits per heavy atom. The van der Waals surface area contributed by atoms with Crippen LogP contribution in [0, 0.1) is 5.92 Å². The lowest BCUT2D eigenvalue weighted by Gasteiger charge is -2.21. The zero-order chi connectivity index (χ0) is 17.2. The van der Waals surface area contributed by atoms with Crippen LogP contribution in [0.2, 0.25) is 0 Å². The van der Waals surface area contributed by atoms with Gasteiger partial charge in [0.1, 0.15) is 11.4 Å². The summed E-state index contributed by atoms with van der Waals surface area (Å²) in [5.41, 5.74) is 4.34. The maximum absolute atomic E-state index is 12.6. The first kappa shape index (κ1) is 15.7. The normalized spacial score (nSPS) is 16.4. The summed E-state index contributed by atoms with van der Waals surface area (Å²) in [5, 5.41) is 3.07. The topological polar surface area (TPSA) is 55.6 Å². The van der Waals surface area contributed by atoms with Gasteiger partial charge in [-0.2, -0.15) is 0 Å². The fourth-order valence-electron chi connectivity index (χ4n) is 3.46. The van der Waals surface area contributed by atoms with Crippen LogP contribution in [0.25, 0.3) is 5.65 Å². The molecule has 1 aliphatic carbocycles. The highest BCUT2D eigenvalue weighted by Crippen LogP contribution is 2.26. The van der Waals surface area contributed by atoms with Crippen molar-refractivity contribution in [3.05, 3.63) is 65.6 Å². The molecule has 1 aromatic carbocycles. The van der Waals surface area contributed by atoms with Crippen LogP contribution in [0.3, 0.4) is 0 Å². The molecule has 0 radical (unpaired) electrons. The van der Waals surface area contributed by atoms with Gasteiger partial charge in [-0.3, -0.25) is 4.79 Å². The van der Waals surface area contributed by atoms with Gasteiger partial charge in [0.2, 0.25) is 5.91 Å². The molecule has 3 aromatic rings. The van der Waals surface area contributed by atoms with Gasteiger partial charge in [0.05, 0.1) is 12.8 Å². The predicted molar refractivity (Wildman–Crippen MR) is 95.5 cm³/mol. The van der Waals surface area contributed by atoms with Crippen molar-refractivity contribution in [1.29, 1.82) is 0 Å². The SMILES string of the molecule is COc1ccc(CNC(=O)C2CCc3nc4ccccn4c3C2)cc1. The molecule has 1 atom stereocenters. The molecule has 1 N–H and O–H groups in total. The number of rotatable bonds is 4. The van der Waals surface area contributed by atoms with Crippen molar-refractivity contribution in [3.63, 3.8) is 0 Å². The van der Waals surface area contributed by atoms with Gasteiger partial charge in [-0.05, 0) is 42.7 Å². The van der Waals surface area contributed by atoms with E-state index in [1.807, 2.05) is 48.7 Å². The molecule has 0 bridgehead atoms. The molecular formula is C20H21N3O2. The third-order valence-electron chi connectivity index (χ3n) is 4.88. The zero-order valence-electron chi connectivity index (χ0n) is 14.2. The van der Waals surface area contributed by atoms with Crippen molar-refractivity contribution in [2.75, 3.05) is 7.11 Å². The Balaban J connectivity index is 1.43. The Labute approximate surface area is 146 Å². The van der Waals surface area contributed by atoms with Crippen molar-refractivity contribution < 1.29 is 9.53 Å². The predicted octanol–water partition coefficient (Wildman–Crippen LogP) is 2.76. The van der Waals surface area contributed by atoms with Crippen LogP contribution in [-0.2, 0) is 24.2 Å². The van der Waals surface area contributed by atoms with Gasteiger partial charge < -0.3 is 14.5 Å². The van der Waals surface area contributed by atoms with E-state index in [0.29, 0.717) is 6.54 Å². The third kappa shape index (κ3) is 3.09. The molecule has 128 valence electrons. The molecule has 0 spiro atoms. The maximum atomic E-state index is 12.6. The lowest BCUT2D eigenvalue weighted by atomic mass is 9.89. The Hall–Kier alpha value is -2.82. The number of hydrogen-bond donors (Lipinski definition) is 1. The van der Waals surface area contributed by atoms with E-state index in [4.69, 9.17) is 4.74 Å². The molecule has 5 heteroatoms. The Kier molecular flexibility index (Phi) is 4.14. The third-order valence-corrected chi connectivity index (χ3v) is 4.88. The number of aromatic nitrogens is 2. The van der Waals surface area contributed by atoms with Gasteiger partial charge in [0, 0.05) is 30.8 Å². The number of methoxy groups -OCH3 is 1. The van der Waals surface area contributed by atoms with Crippen molar-refractivity contribution in [2.45, 2.75) is 25.8 Å². The summed E-state index contributed by atoms with van der Waals surface area (Å²) < 4.78 is 7.26. The smallest absolute Gasteiger partial charge is 0.223 e. The van der Waals surface area contributed by atoms with Crippen LogP contribution >= 0.6 is 0 Å². The highest BCUT2D eigenvalue weighted by Gasteiger charge is 2.27. The summed E-state index contributed by atoms with van der Waals surface area (Å²) in [5.74, 6) is 0.945. The summed E-state index contributed by atoms with van der Waals surface area (Å²) in [6.45, 7) is 0.541. The van der Waals surface area contributed by atoms with Crippen LogP contribution in [0.1, 0.15) is 23.4 Å². The molecule has 5 nitrogen and oxygen atoms in total. The fourth-order valence-corrected chi connectivity index (χ4v) is 3.46. The van der Waals surface area contributed by atoms with Gasteiger partial charge in [-0.15, -0.1) is 0 Å². The summed E-state index contributed by atoms with van der Waals surface area (Å²) in [6.07, 6.45) is 4.48. The quantitative estimate of drug-likeness (QED) is 0.798. The molecule has 0 fully saturated rings. The molecule has 25 heavy (non-hydrogen) atoms. The Morgan fingerprint density at radius 3 is 2.92 bits per heavy atom. The average molecular weight is 335 g/mol. The number of imidazole rings is 1. The molecule has 4 rings (SSSR count). The highest BCUT2D eigenvalue weighted by atomic mass is 16.5. The number of hydrogen-bond acceptors (Lipinski definition) is 3. The first-order valence-electron chi connectivity index (χ1n) is 8.60. The lowest BCUT2D eigenvalue weighted by Crippen LogP contribution is -2.34. The molecule has 0 aliphatic heterocycles. The summed E-state index contributed by atoms with van der Waals surface area (Å²) in [7, 11) is 1.65. The van der Waals surface area contributed by atoms with Crippen molar-refractivity contribution >= 4 is 11.6 Å². The number of pyridine rings is 1. The van der Waals surface area contributed by atoms with Gasteiger partial charge in [-0.1, -0.05) is 18.2 Å². The Morgan fingerprint density at radius 1 is 1.28 bits per heavy atom. The van der Waals surface area contributed by atoms with Crippen LogP contribution in [0.4, 0.5) is 0 Å². The second-order valence-corrected chi connectivity index (χ2v) is 6.44. The number of nitrogens with zero attached hydrogens (tertiary/aromatic N) is 2. The van der Waals surface area contributed by atoms with E-state index in [-0.39, 0.29) is 11.8 Å². The van der Waals surface area contributed by atoms with E-state index in [9.17, 15) is 4.79 Å². The zero-order valence-corrected chi connectivity index (χ0v) is 14.2. The summed E-state index contributed by atoms with van der Waals surface area (Å²) in [4.78, 5) is 17.3. The number of carbonyl (C=O) groups excluding carboxylic acids is 1. The maximum Gasteiger partial charge on any atom is 0.223 e. The summed E-state index contributed by atoms with van der Waals surface area (Å²) in [6, 6.07) is 13.8. The summed E-state index contributed by atoms with van der Waals surface area (Å²) >= 11 is 0. The molecule has 0 saturated heterocycles. The number of amides is 1. The lowest BCUT2D eigenvalue weighted by molar-refractivity contribution is -0.125. The number of benzene rings is 1. The second kappa shape index (κ2) is 6.59. The van der Waals surface area contributed by atoms with Crippen molar-refractivity contribution in [1.82, 2.24) is 14.7 Å². The fraction of sp³-hybridized carbons (Fsp3) is 0.300. The number of carbonyl (C=O) groups is 1. The number of ether oxygens (including phenoxy) is 1. The monoisotopic (exact) mass is 335 g/mol. The average Bonchev–Trinajstić information content (AvgIpc) is 3.04. The van der Waals surface area contributed by atoms with E-state index < -0.39 is 0 Å². The molecule has 1 unspecified atom stereocenters. The van der Waals surface area contributed by atoms with E-state index in [1.165, 1.54) is 5.69 Å². The van der Waals surface area contributed by atoms with Crippen LogP contribution in [0.15, 0.2) is 48.7 Å². The molecule has 2 aromatic heterocycles. The number of fused-ring (bicyclic) bond motifs is 3. The molecule has 2 heterocycles. The van der Waals surface area contributed by atoms with E-state index in [2.05, 4.69) is 14.7 Å². The highest BCUT2D eigenvalue weighted by molar-refractivity contribution is 5.79. The van der Waals surface area contributed by atoms with E-state index >= 15 is 0 Å².